The summed E-state index contributed by atoms with van der Waals surface area (Å²) in [6.45, 7) is 1.79. The molecule has 1 saturated heterocycles. The summed E-state index contributed by atoms with van der Waals surface area (Å²) in [5.74, 6) is -1.16. The summed E-state index contributed by atoms with van der Waals surface area (Å²) in [6.07, 6.45) is -9.41. The fourth-order valence-corrected chi connectivity index (χ4v) is 1.59. The van der Waals surface area contributed by atoms with Crippen LogP contribution in [0.3, 0.4) is 0 Å². The van der Waals surface area contributed by atoms with Crippen LogP contribution in [0.4, 0.5) is 0 Å². The molecule has 1 fully saturated rings. The van der Waals surface area contributed by atoms with E-state index in [-0.39, 0.29) is 0 Å². The Bertz CT molecular complexity index is 356. The van der Waals surface area contributed by atoms with E-state index in [0.29, 0.717) is 0 Å². The highest BCUT2D eigenvalue weighted by atomic mass is 16.7. The summed E-state index contributed by atoms with van der Waals surface area (Å²) >= 11 is 0. The lowest BCUT2D eigenvalue weighted by Gasteiger charge is -2.39. The Kier molecular flexibility index (Phi) is 6.02. The van der Waals surface area contributed by atoms with Gasteiger partial charge >= 0.3 is 5.97 Å². The zero-order chi connectivity index (χ0) is 15.4. The van der Waals surface area contributed by atoms with Gasteiger partial charge in [-0.2, -0.15) is 0 Å². The quantitative estimate of drug-likeness (QED) is 0.221. The molecule has 6 N–H and O–H groups in total. The Morgan fingerprint density at radius 3 is 2.30 bits per heavy atom. The van der Waals surface area contributed by atoms with Crippen molar-refractivity contribution in [3.63, 3.8) is 0 Å². The van der Waals surface area contributed by atoms with Gasteiger partial charge in [-0.05, 0) is 0 Å². The van der Waals surface area contributed by atoms with Gasteiger partial charge in [0.2, 0.25) is 6.29 Å². The largest absolute Gasteiger partial charge is 0.429 e. The van der Waals surface area contributed by atoms with Crippen LogP contribution in [-0.4, -0.2) is 86.6 Å². The number of hydrogen-bond acceptors (Lipinski definition) is 9. The van der Waals surface area contributed by atoms with Crippen LogP contribution in [0.2, 0.25) is 0 Å². The molecule has 0 aromatic carbocycles. The van der Waals surface area contributed by atoms with E-state index in [0.717, 1.165) is 0 Å². The zero-order valence-electron chi connectivity index (χ0n) is 10.5. The van der Waals surface area contributed by atoms with E-state index < -0.39 is 61.6 Å². The molecule has 6 atom stereocenters. The van der Waals surface area contributed by atoms with Crippen LogP contribution in [0.5, 0.6) is 0 Å². The molecule has 0 radical (unpaired) electrons. The van der Waals surface area contributed by atoms with Gasteiger partial charge in [-0.15, -0.1) is 0 Å². The number of hydrogen-bond donors (Lipinski definition) is 6. The number of carbonyl (C=O) groups is 1. The van der Waals surface area contributed by atoms with Gasteiger partial charge in [-0.25, -0.2) is 4.79 Å². The fourth-order valence-electron chi connectivity index (χ4n) is 1.59. The van der Waals surface area contributed by atoms with Crippen molar-refractivity contribution in [1.29, 1.82) is 0 Å². The molecule has 116 valence electrons. The van der Waals surface area contributed by atoms with Crippen molar-refractivity contribution < 1.29 is 44.9 Å². The molecule has 9 nitrogen and oxygen atoms in total. The molecular weight excluding hydrogens is 276 g/mol. The molecule has 1 heterocycles. The van der Waals surface area contributed by atoms with Gasteiger partial charge in [-0.1, -0.05) is 6.58 Å². The standard InChI is InChI=1S/C11H18O9/c1-4(5(14)2-12)10(18)20-11-9(17)8(16)7(15)6(3-13)19-11/h5-9,11-17H,1-3H2/t5-,6?,7+,8?,9?,11-/m0/s1. The smallest absolute Gasteiger partial charge is 0.338 e. The van der Waals surface area contributed by atoms with Gasteiger partial charge in [0.05, 0.1) is 18.8 Å². The summed E-state index contributed by atoms with van der Waals surface area (Å²) in [4.78, 5) is 11.5. The summed E-state index contributed by atoms with van der Waals surface area (Å²) in [7, 11) is 0. The van der Waals surface area contributed by atoms with Crippen LogP contribution in [0.25, 0.3) is 0 Å². The number of aliphatic hydroxyl groups is 6. The number of esters is 1. The predicted octanol–water partition coefficient (Wildman–Crippen LogP) is -3.76. The van der Waals surface area contributed by atoms with Crippen molar-refractivity contribution in [1.82, 2.24) is 0 Å². The third kappa shape index (κ3) is 3.52. The molecule has 20 heavy (non-hydrogen) atoms. The van der Waals surface area contributed by atoms with Crippen LogP contribution in [-0.2, 0) is 14.3 Å². The Morgan fingerprint density at radius 2 is 1.80 bits per heavy atom. The molecule has 1 aliphatic rings. The van der Waals surface area contributed by atoms with E-state index in [2.05, 4.69) is 11.3 Å². The van der Waals surface area contributed by atoms with Crippen LogP contribution in [0, 0.1) is 0 Å². The van der Waals surface area contributed by atoms with Crippen molar-refractivity contribution in [3.8, 4) is 0 Å². The lowest BCUT2D eigenvalue weighted by molar-refractivity contribution is -0.291. The highest BCUT2D eigenvalue weighted by Gasteiger charge is 2.45. The van der Waals surface area contributed by atoms with Gasteiger partial charge in [0.1, 0.15) is 30.5 Å². The second-order valence-electron chi connectivity index (χ2n) is 4.33. The van der Waals surface area contributed by atoms with Crippen LogP contribution < -0.4 is 0 Å². The Morgan fingerprint density at radius 1 is 1.20 bits per heavy atom. The molecule has 3 unspecified atom stereocenters. The number of aliphatic hydroxyl groups excluding tert-OH is 6. The normalized spacial score (nSPS) is 35.4. The molecule has 0 spiro atoms. The summed E-state index contributed by atoms with van der Waals surface area (Å²) in [6, 6.07) is 0. The van der Waals surface area contributed by atoms with E-state index in [1.165, 1.54) is 0 Å². The molecular formula is C11H18O9. The summed E-state index contributed by atoms with van der Waals surface area (Å²) < 4.78 is 9.60. The molecule has 0 aromatic rings. The lowest BCUT2D eigenvalue weighted by Crippen LogP contribution is -2.59. The molecule has 1 aliphatic heterocycles. The maximum atomic E-state index is 11.5. The second kappa shape index (κ2) is 7.09. The average molecular weight is 294 g/mol. The molecule has 1 rings (SSSR count). The van der Waals surface area contributed by atoms with Gasteiger partial charge in [0.25, 0.3) is 0 Å². The molecule has 0 aliphatic carbocycles. The van der Waals surface area contributed by atoms with Crippen molar-refractivity contribution in [2.24, 2.45) is 0 Å². The minimum Gasteiger partial charge on any atom is -0.429 e. The molecule has 9 heteroatoms. The van der Waals surface area contributed by atoms with E-state index in [4.69, 9.17) is 14.9 Å². The van der Waals surface area contributed by atoms with Crippen LogP contribution in [0.15, 0.2) is 12.2 Å². The van der Waals surface area contributed by atoms with Crippen molar-refractivity contribution in [3.05, 3.63) is 12.2 Å². The number of rotatable bonds is 5. The highest BCUT2D eigenvalue weighted by Crippen LogP contribution is 2.22. The SMILES string of the molecule is C=C(C(=O)O[C@@H]1OC(CO)[C@@H](O)C(O)C1O)[C@@H](O)CO. The van der Waals surface area contributed by atoms with Crippen molar-refractivity contribution in [2.45, 2.75) is 36.8 Å². The molecule has 0 amide bonds. The first-order valence-corrected chi connectivity index (χ1v) is 5.82. The summed E-state index contributed by atoms with van der Waals surface area (Å²) in [5.41, 5.74) is -0.468. The second-order valence-corrected chi connectivity index (χ2v) is 4.33. The number of ether oxygens (including phenoxy) is 2. The topological polar surface area (TPSA) is 157 Å². The maximum absolute atomic E-state index is 11.5. The third-order valence-electron chi connectivity index (χ3n) is 2.91. The Labute approximate surface area is 114 Å². The molecule has 0 aromatic heterocycles. The highest BCUT2D eigenvalue weighted by molar-refractivity contribution is 5.88. The third-order valence-corrected chi connectivity index (χ3v) is 2.91. The zero-order valence-corrected chi connectivity index (χ0v) is 10.5. The van der Waals surface area contributed by atoms with Gasteiger partial charge in [0, 0.05) is 0 Å². The van der Waals surface area contributed by atoms with E-state index in [1.54, 1.807) is 0 Å². The van der Waals surface area contributed by atoms with Gasteiger partial charge in [0.15, 0.2) is 0 Å². The van der Waals surface area contributed by atoms with Crippen molar-refractivity contribution >= 4 is 5.97 Å². The van der Waals surface area contributed by atoms with E-state index in [9.17, 15) is 25.2 Å². The average Bonchev–Trinajstić information content (AvgIpc) is 2.45. The molecule has 0 saturated carbocycles. The lowest BCUT2D eigenvalue weighted by atomic mass is 9.99. The minimum atomic E-state index is -1.74. The first-order chi connectivity index (χ1) is 9.33. The fraction of sp³-hybridized carbons (Fsp3) is 0.727. The Balaban J connectivity index is 2.71. The van der Waals surface area contributed by atoms with Gasteiger partial charge < -0.3 is 40.1 Å². The van der Waals surface area contributed by atoms with Crippen molar-refractivity contribution in [2.75, 3.05) is 13.2 Å². The monoisotopic (exact) mass is 294 g/mol. The van der Waals surface area contributed by atoms with Gasteiger partial charge in [-0.3, -0.25) is 0 Å². The Hall–Kier alpha value is -1.07. The summed E-state index contributed by atoms with van der Waals surface area (Å²) in [5, 5.41) is 55.4. The van der Waals surface area contributed by atoms with E-state index in [1.807, 2.05) is 0 Å². The predicted molar refractivity (Wildman–Crippen MR) is 62.1 cm³/mol. The van der Waals surface area contributed by atoms with Crippen LogP contribution in [0.1, 0.15) is 0 Å². The number of carbonyl (C=O) groups excluding carboxylic acids is 1. The first kappa shape index (κ1) is 17.0. The van der Waals surface area contributed by atoms with Crippen LogP contribution >= 0.6 is 0 Å². The minimum absolute atomic E-state index is 0.468. The maximum Gasteiger partial charge on any atom is 0.338 e. The van der Waals surface area contributed by atoms with E-state index >= 15 is 0 Å². The first-order valence-electron chi connectivity index (χ1n) is 5.82. The molecule has 0 bridgehead atoms.